The fourth-order valence-electron chi connectivity index (χ4n) is 3.80. The monoisotopic (exact) mass is 535 g/mol. The van der Waals surface area contributed by atoms with Gasteiger partial charge in [-0.05, 0) is 72.5 Å². The average Bonchev–Trinajstić information content (AvgIpc) is 2.85. The normalized spacial score (nSPS) is 11.8. The van der Waals surface area contributed by atoms with Gasteiger partial charge in [0.05, 0.1) is 16.1 Å². The Kier molecular flexibility index (Phi) is 8.85. The molecule has 6 nitrogen and oxygen atoms in total. The molecule has 0 atom stereocenters. The van der Waals surface area contributed by atoms with Crippen LogP contribution in [0.25, 0.3) is 11.1 Å². The molecule has 0 unspecified atom stereocenters. The Hall–Kier alpha value is -3.53. The maximum Gasteiger partial charge on any atom is 0.416 e. The van der Waals surface area contributed by atoms with Gasteiger partial charge in [-0.2, -0.15) is 13.2 Å². The van der Waals surface area contributed by atoms with Crippen molar-refractivity contribution in [3.63, 3.8) is 0 Å². The number of aliphatic carboxylic acids is 1. The molecule has 0 aliphatic rings. The fraction of sp³-hybridized carbons (Fsp3) is 0.296. The Morgan fingerprint density at radius 3 is 2.27 bits per heavy atom. The van der Waals surface area contributed by atoms with Crippen LogP contribution in [0.4, 0.5) is 18.9 Å². The first-order valence-electron chi connectivity index (χ1n) is 11.7. The SMILES string of the molecule is CCCCCN(c1cccc(-c2ccc(C(F)(F)F)cc2)c1)S(=O)(=O)c1ccc(OCC(=O)O)c(C)c1. The highest BCUT2D eigenvalue weighted by molar-refractivity contribution is 7.92. The molecule has 198 valence electrons. The number of hydrogen-bond donors (Lipinski definition) is 1. The van der Waals surface area contributed by atoms with Crippen molar-refractivity contribution in [3.8, 4) is 16.9 Å². The number of benzene rings is 3. The van der Waals surface area contributed by atoms with Crippen LogP contribution in [0.3, 0.4) is 0 Å². The largest absolute Gasteiger partial charge is 0.482 e. The summed E-state index contributed by atoms with van der Waals surface area (Å²) in [4.78, 5) is 10.8. The summed E-state index contributed by atoms with van der Waals surface area (Å²) in [5, 5.41) is 8.83. The first-order valence-corrected chi connectivity index (χ1v) is 13.1. The number of carboxylic acid groups (broad SMARTS) is 1. The van der Waals surface area contributed by atoms with Crippen LogP contribution in [0.15, 0.2) is 71.6 Å². The van der Waals surface area contributed by atoms with E-state index in [0.717, 1.165) is 25.0 Å². The second-order valence-electron chi connectivity index (χ2n) is 8.52. The van der Waals surface area contributed by atoms with Gasteiger partial charge in [0.2, 0.25) is 0 Å². The number of alkyl halides is 3. The minimum absolute atomic E-state index is 0.0177. The highest BCUT2D eigenvalue weighted by Gasteiger charge is 2.30. The zero-order chi connectivity index (χ0) is 27.2. The van der Waals surface area contributed by atoms with Crippen molar-refractivity contribution in [2.24, 2.45) is 0 Å². The summed E-state index contributed by atoms with van der Waals surface area (Å²) in [5.74, 6) is -0.880. The van der Waals surface area contributed by atoms with Gasteiger partial charge in [0.15, 0.2) is 6.61 Å². The van der Waals surface area contributed by atoms with Crippen molar-refractivity contribution in [3.05, 3.63) is 77.9 Å². The molecule has 0 saturated heterocycles. The van der Waals surface area contributed by atoms with E-state index in [4.69, 9.17) is 9.84 Å². The van der Waals surface area contributed by atoms with E-state index in [2.05, 4.69) is 0 Å². The predicted molar refractivity (Wildman–Crippen MR) is 135 cm³/mol. The summed E-state index contributed by atoms with van der Waals surface area (Å²) in [7, 11) is -4.02. The molecule has 37 heavy (non-hydrogen) atoms. The highest BCUT2D eigenvalue weighted by atomic mass is 32.2. The number of halogens is 3. The van der Waals surface area contributed by atoms with E-state index >= 15 is 0 Å². The van der Waals surface area contributed by atoms with Gasteiger partial charge in [-0.1, -0.05) is 44.0 Å². The summed E-state index contributed by atoms with van der Waals surface area (Å²) in [5.41, 5.74) is 1.20. The van der Waals surface area contributed by atoms with Crippen LogP contribution >= 0.6 is 0 Å². The van der Waals surface area contributed by atoms with E-state index in [-0.39, 0.29) is 17.2 Å². The minimum Gasteiger partial charge on any atom is -0.482 e. The molecule has 0 amide bonds. The predicted octanol–water partition coefficient (Wildman–Crippen LogP) is 6.53. The Bertz CT molecular complexity index is 1340. The number of hydrogen-bond acceptors (Lipinski definition) is 4. The molecule has 1 N–H and O–H groups in total. The van der Waals surface area contributed by atoms with E-state index in [1.807, 2.05) is 6.92 Å². The van der Waals surface area contributed by atoms with Gasteiger partial charge in [-0.3, -0.25) is 4.31 Å². The van der Waals surface area contributed by atoms with E-state index in [1.165, 1.54) is 34.6 Å². The number of aryl methyl sites for hydroxylation is 1. The van der Waals surface area contributed by atoms with Crippen molar-refractivity contribution in [1.29, 1.82) is 0 Å². The zero-order valence-electron chi connectivity index (χ0n) is 20.5. The van der Waals surface area contributed by atoms with Crippen molar-refractivity contribution >= 4 is 21.7 Å². The fourth-order valence-corrected chi connectivity index (χ4v) is 5.38. The Labute approximate surface area is 214 Å². The lowest BCUT2D eigenvalue weighted by Crippen LogP contribution is -2.32. The molecular weight excluding hydrogens is 507 g/mol. The van der Waals surface area contributed by atoms with Crippen molar-refractivity contribution in [2.45, 2.75) is 44.2 Å². The van der Waals surface area contributed by atoms with Gasteiger partial charge < -0.3 is 9.84 Å². The third-order valence-electron chi connectivity index (χ3n) is 5.73. The van der Waals surface area contributed by atoms with Crippen LogP contribution < -0.4 is 9.04 Å². The quantitative estimate of drug-likeness (QED) is 0.282. The molecule has 3 aromatic rings. The first-order chi connectivity index (χ1) is 17.4. The van der Waals surface area contributed by atoms with Crippen molar-refractivity contribution in [2.75, 3.05) is 17.5 Å². The lowest BCUT2D eigenvalue weighted by atomic mass is 10.0. The standard InChI is InChI=1S/C27H28F3NO5S/c1-3-4-5-15-31(37(34,35)24-13-14-25(19(2)16-24)36-18-26(32)33)23-8-6-7-21(17-23)20-9-11-22(12-10-20)27(28,29)30/h6-14,16-17H,3-5,15,18H2,1-2H3,(H,32,33). The van der Waals surface area contributed by atoms with E-state index in [0.29, 0.717) is 28.8 Å². The lowest BCUT2D eigenvalue weighted by molar-refractivity contribution is -0.139. The van der Waals surface area contributed by atoms with E-state index < -0.39 is 34.3 Å². The van der Waals surface area contributed by atoms with E-state index in [9.17, 15) is 26.4 Å². The number of unbranched alkanes of at least 4 members (excludes halogenated alkanes) is 2. The molecule has 3 rings (SSSR count). The molecule has 0 aromatic heterocycles. The summed E-state index contributed by atoms with van der Waals surface area (Å²) >= 11 is 0. The molecule has 3 aromatic carbocycles. The number of rotatable bonds is 11. The number of carboxylic acids is 1. The summed E-state index contributed by atoms with van der Waals surface area (Å²) in [6.45, 7) is 3.29. The molecule has 10 heteroatoms. The third-order valence-corrected chi connectivity index (χ3v) is 7.55. The van der Waals surface area contributed by atoms with Gasteiger partial charge in [0, 0.05) is 6.54 Å². The number of ether oxygens (including phenoxy) is 1. The maximum absolute atomic E-state index is 13.7. The number of nitrogens with zero attached hydrogens (tertiary/aromatic N) is 1. The average molecular weight is 536 g/mol. The Balaban J connectivity index is 1.98. The van der Waals surface area contributed by atoms with Crippen LogP contribution in [0, 0.1) is 6.92 Å². The van der Waals surface area contributed by atoms with Gasteiger partial charge in [-0.25, -0.2) is 13.2 Å². The van der Waals surface area contributed by atoms with Crippen molar-refractivity contribution < 1.29 is 36.2 Å². The molecule has 0 aliphatic heterocycles. The molecule has 0 heterocycles. The summed E-state index contributed by atoms with van der Waals surface area (Å²) in [6, 6.07) is 15.6. The van der Waals surface area contributed by atoms with Gasteiger partial charge in [0.1, 0.15) is 5.75 Å². The van der Waals surface area contributed by atoms with Crippen LogP contribution in [0.5, 0.6) is 5.75 Å². The third kappa shape index (κ3) is 7.03. The molecule has 0 aliphatic carbocycles. The Morgan fingerprint density at radius 1 is 0.973 bits per heavy atom. The van der Waals surface area contributed by atoms with E-state index in [1.54, 1.807) is 31.2 Å². The first kappa shape index (κ1) is 28.0. The zero-order valence-corrected chi connectivity index (χ0v) is 21.3. The smallest absolute Gasteiger partial charge is 0.416 e. The number of sulfonamides is 1. The van der Waals surface area contributed by atoms with Crippen LogP contribution in [0.1, 0.15) is 37.3 Å². The molecule has 0 spiro atoms. The second-order valence-corrected chi connectivity index (χ2v) is 10.4. The molecular formula is C27H28F3NO5S. The summed E-state index contributed by atoms with van der Waals surface area (Å²) < 4.78 is 72.8. The van der Waals surface area contributed by atoms with Gasteiger partial charge in [0.25, 0.3) is 10.0 Å². The molecule has 0 radical (unpaired) electrons. The molecule has 0 fully saturated rings. The number of carbonyl (C=O) groups is 1. The summed E-state index contributed by atoms with van der Waals surface area (Å²) in [6.07, 6.45) is -2.14. The lowest BCUT2D eigenvalue weighted by Gasteiger charge is -2.25. The minimum atomic E-state index is -4.45. The molecule has 0 saturated carbocycles. The van der Waals surface area contributed by atoms with Crippen molar-refractivity contribution in [1.82, 2.24) is 0 Å². The highest BCUT2D eigenvalue weighted by Crippen LogP contribution is 2.33. The second kappa shape index (κ2) is 11.7. The van der Waals surface area contributed by atoms with Crippen LogP contribution in [0.2, 0.25) is 0 Å². The number of anilines is 1. The van der Waals surface area contributed by atoms with Crippen LogP contribution in [-0.2, 0) is 21.0 Å². The molecule has 0 bridgehead atoms. The maximum atomic E-state index is 13.7. The van der Waals surface area contributed by atoms with Crippen LogP contribution in [-0.4, -0.2) is 32.6 Å². The Morgan fingerprint density at radius 2 is 1.68 bits per heavy atom. The van der Waals surface area contributed by atoms with Gasteiger partial charge in [-0.15, -0.1) is 0 Å². The topological polar surface area (TPSA) is 83.9 Å². The van der Waals surface area contributed by atoms with Gasteiger partial charge >= 0.3 is 12.1 Å².